The Bertz CT molecular complexity index is 1360. The first-order chi connectivity index (χ1) is 25.6. The molecule has 4 atom stereocenters. The minimum atomic E-state index is -1.06. The Balaban J connectivity index is 1.64. The highest BCUT2D eigenvalue weighted by atomic mass is 16.7. The van der Waals surface area contributed by atoms with E-state index in [2.05, 4.69) is 28.8 Å². The molecule has 0 radical (unpaired) electrons. The van der Waals surface area contributed by atoms with Gasteiger partial charge < -0.3 is 24.7 Å². The third-order valence-corrected chi connectivity index (χ3v) is 9.95. The number of carbonyl (C=O) groups is 3. The first-order valence-electron chi connectivity index (χ1n) is 20.7. The lowest BCUT2D eigenvalue weighted by molar-refractivity contribution is -0.175. The fourth-order valence-corrected chi connectivity index (χ4v) is 6.66. The van der Waals surface area contributed by atoms with Gasteiger partial charge in [-0.15, -0.1) is 0 Å². The number of hydrogen-bond donors (Lipinski definition) is 1. The molecule has 0 amide bonds. The largest absolute Gasteiger partial charge is 0.463 e. The van der Waals surface area contributed by atoms with E-state index >= 15 is 0 Å². The number of anilines is 1. The van der Waals surface area contributed by atoms with Crippen molar-refractivity contribution >= 4 is 34.9 Å². The van der Waals surface area contributed by atoms with Crippen molar-refractivity contribution < 1.29 is 33.3 Å². The van der Waals surface area contributed by atoms with Gasteiger partial charge in [0.1, 0.15) is 24.6 Å². The van der Waals surface area contributed by atoms with Gasteiger partial charge in [0.2, 0.25) is 0 Å². The van der Waals surface area contributed by atoms with Crippen LogP contribution in [0.2, 0.25) is 0 Å². The Kier molecular flexibility index (Phi) is 20.1. The molecule has 0 aromatic carbocycles. The Morgan fingerprint density at radius 2 is 1.21 bits per heavy atom. The molecule has 12 heteroatoms. The monoisotopic (exact) mass is 744 g/mol. The summed E-state index contributed by atoms with van der Waals surface area (Å²) in [6.45, 7) is 9.53. The van der Waals surface area contributed by atoms with E-state index < -0.39 is 41.9 Å². The molecule has 1 aliphatic rings. The molecule has 2 N–H and O–H groups in total. The van der Waals surface area contributed by atoms with Gasteiger partial charge in [-0.3, -0.25) is 19.0 Å². The van der Waals surface area contributed by atoms with Crippen molar-refractivity contribution in [2.24, 2.45) is 5.41 Å². The second kappa shape index (κ2) is 24.2. The number of unbranched alkanes of at least 4 members (excludes halogenated alkanes) is 18. The third-order valence-electron chi connectivity index (χ3n) is 9.95. The van der Waals surface area contributed by atoms with Gasteiger partial charge in [-0.2, -0.15) is 0 Å². The van der Waals surface area contributed by atoms with E-state index in [1.807, 2.05) is 0 Å². The molecule has 0 saturated carbocycles. The standard InChI is InChI=1S/C41H69N5O7/c1-6-8-10-12-14-16-18-20-22-24-26-32(47)50-28-31-35(53-40(49)41(3,4)5)36(39(51-31)46-30-45-34-37(42)43-29-44-38(34)46)52-33(48)27-25-23-21-19-17-15-13-11-9-7-2/h29-31,35-36,39H,6-28H2,1-5H3,(H2,42,43,44)/t31-,35-,36-,39-/m1/s1. The van der Waals surface area contributed by atoms with Crippen LogP contribution in [0.15, 0.2) is 12.7 Å². The van der Waals surface area contributed by atoms with Crippen LogP contribution < -0.4 is 5.73 Å². The summed E-state index contributed by atoms with van der Waals surface area (Å²) in [5.74, 6) is -1.07. The SMILES string of the molecule is CCCCCCCCCCCCC(=O)OC[C@H]1O[C@@H](n2cnc3c(N)ncnc32)[C@H](OC(=O)CCCCCCCCCCCC)[C@@H]1OC(=O)C(C)(C)C. The average Bonchev–Trinajstić information content (AvgIpc) is 3.70. The summed E-state index contributed by atoms with van der Waals surface area (Å²) >= 11 is 0. The van der Waals surface area contributed by atoms with Crippen LogP contribution in [0, 0.1) is 5.41 Å². The summed E-state index contributed by atoms with van der Waals surface area (Å²) in [5.41, 5.74) is 5.97. The predicted octanol–water partition coefficient (Wildman–Crippen LogP) is 9.34. The van der Waals surface area contributed by atoms with Gasteiger partial charge in [0.15, 0.2) is 29.9 Å². The highest BCUT2D eigenvalue weighted by Gasteiger charge is 2.52. The molecule has 3 heterocycles. The van der Waals surface area contributed by atoms with Crippen LogP contribution >= 0.6 is 0 Å². The van der Waals surface area contributed by atoms with E-state index in [1.54, 1.807) is 25.3 Å². The Hall–Kier alpha value is -3.28. The summed E-state index contributed by atoms with van der Waals surface area (Å²) in [7, 11) is 0. The van der Waals surface area contributed by atoms with Crippen molar-refractivity contribution in [3.05, 3.63) is 12.7 Å². The number of esters is 3. The van der Waals surface area contributed by atoms with E-state index in [1.165, 1.54) is 96.1 Å². The third kappa shape index (κ3) is 15.5. The number of nitrogen functional groups attached to an aromatic ring is 1. The number of hydrogen-bond acceptors (Lipinski definition) is 11. The number of nitrogens with two attached hydrogens (primary N) is 1. The molecule has 2 aromatic heterocycles. The van der Waals surface area contributed by atoms with Gasteiger partial charge in [0, 0.05) is 12.8 Å². The van der Waals surface area contributed by atoms with Crippen LogP contribution in [0.3, 0.4) is 0 Å². The molecule has 1 fully saturated rings. The van der Waals surface area contributed by atoms with Crippen molar-refractivity contribution in [1.82, 2.24) is 19.5 Å². The number of carbonyl (C=O) groups excluding carboxylic acids is 3. The molecule has 2 aromatic rings. The van der Waals surface area contributed by atoms with Gasteiger partial charge in [-0.25, -0.2) is 15.0 Å². The van der Waals surface area contributed by atoms with Crippen LogP contribution in [0.25, 0.3) is 11.2 Å². The predicted molar refractivity (Wildman–Crippen MR) is 207 cm³/mol. The average molecular weight is 744 g/mol. The summed E-state index contributed by atoms with van der Waals surface area (Å²) < 4.78 is 25.9. The molecule has 53 heavy (non-hydrogen) atoms. The van der Waals surface area contributed by atoms with Crippen LogP contribution in [0.1, 0.15) is 182 Å². The molecule has 0 aliphatic carbocycles. The molecule has 1 saturated heterocycles. The fraction of sp³-hybridized carbons (Fsp3) is 0.805. The first-order valence-corrected chi connectivity index (χ1v) is 20.7. The van der Waals surface area contributed by atoms with Crippen molar-refractivity contribution in [1.29, 1.82) is 0 Å². The van der Waals surface area contributed by atoms with E-state index in [4.69, 9.17) is 24.7 Å². The molecule has 12 nitrogen and oxygen atoms in total. The minimum absolute atomic E-state index is 0.175. The quantitative estimate of drug-likeness (QED) is 0.0528. The molecule has 0 unspecified atom stereocenters. The normalized spacial score (nSPS) is 18.7. The summed E-state index contributed by atoms with van der Waals surface area (Å²) in [6.07, 6.45) is 22.5. The molecule has 0 bridgehead atoms. The number of ether oxygens (including phenoxy) is 4. The van der Waals surface area contributed by atoms with Crippen LogP contribution in [-0.2, 0) is 33.3 Å². The number of rotatable bonds is 27. The maximum atomic E-state index is 13.4. The van der Waals surface area contributed by atoms with E-state index in [0.717, 1.165) is 38.5 Å². The number of nitrogens with zero attached hydrogens (tertiary/aromatic N) is 4. The zero-order valence-electron chi connectivity index (χ0n) is 33.5. The summed E-state index contributed by atoms with van der Waals surface area (Å²) in [6, 6.07) is 0. The van der Waals surface area contributed by atoms with Crippen molar-refractivity contribution in [3.63, 3.8) is 0 Å². The van der Waals surface area contributed by atoms with Gasteiger partial charge in [0.25, 0.3) is 0 Å². The number of aromatic nitrogens is 4. The molecule has 300 valence electrons. The van der Waals surface area contributed by atoms with E-state index in [-0.39, 0.29) is 24.8 Å². The zero-order valence-corrected chi connectivity index (χ0v) is 33.5. The smallest absolute Gasteiger partial charge is 0.311 e. The highest BCUT2D eigenvalue weighted by Crippen LogP contribution is 2.37. The second-order valence-electron chi connectivity index (χ2n) is 15.8. The highest BCUT2D eigenvalue weighted by molar-refractivity contribution is 5.81. The molecule has 0 spiro atoms. The summed E-state index contributed by atoms with van der Waals surface area (Å²) in [4.78, 5) is 52.3. The fourth-order valence-electron chi connectivity index (χ4n) is 6.66. The second-order valence-corrected chi connectivity index (χ2v) is 15.8. The van der Waals surface area contributed by atoms with Gasteiger partial charge in [-0.05, 0) is 33.6 Å². The topological polar surface area (TPSA) is 158 Å². The van der Waals surface area contributed by atoms with Gasteiger partial charge in [0.05, 0.1) is 11.7 Å². The number of imidazole rings is 1. The number of fused-ring (bicyclic) bond motifs is 1. The van der Waals surface area contributed by atoms with E-state index in [9.17, 15) is 14.4 Å². The summed E-state index contributed by atoms with van der Waals surface area (Å²) in [5, 5.41) is 0. The molecule has 3 rings (SSSR count). The molecular weight excluding hydrogens is 674 g/mol. The molecule has 1 aliphatic heterocycles. The van der Waals surface area contributed by atoms with Gasteiger partial charge in [-0.1, -0.05) is 129 Å². The van der Waals surface area contributed by atoms with Crippen molar-refractivity contribution in [2.75, 3.05) is 12.3 Å². The Labute approximate surface area is 318 Å². The van der Waals surface area contributed by atoms with Crippen LogP contribution in [0.4, 0.5) is 5.82 Å². The van der Waals surface area contributed by atoms with Crippen LogP contribution in [0.5, 0.6) is 0 Å². The zero-order chi connectivity index (χ0) is 38.5. The maximum absolute atomic E-state index is 13.4. The maximum Gasteiger partial charge on any atom is 0.311 e. The lowest BCUT2D eigenvalue weighted by atomic mass is 9.97. The molecular formula is C41H69N5O7. The van der Waals surface area contributed by atoms with E-state index in [0.29, 0.717) is 24.0 Å². The Morgan fingerprint density at radius 3 is 1.74 bits per heavy atom. The lowest BCUT2D eigenvalue weighted by Gasteiger charge is -2.27. The Morgan fingerprint density at radius 1 is 0.698 bits per heavy atom. The lowest BCUT2D eigenvalue weighted by Crippen LogP contribution is -2.43. The van der Waals surface area contributed by atoms with Crippen molar-refractivity contribution in [2.45, 2.75) is 200 Å². The first kappa shape index (κ1) is 44.1. The van der Waals surface area contributed by atoms with Crippen molar-refractivity contribution in [3.8, 4) is 0 Å². The van der Waals surface area contributed by atoms with Crippen LogP contribution in [-0.4, -0.2) is 62.3 Å². The minimum Gasteiger partial charge on any atom is -0.463 e. The van der Waals surface area contributed by atoms with Gasteiger partial charge >= 0.3 is 17.9 Å².